The van der Waals surface area contributed by atoms with Crippen LogP contribution in [0.4, 0.5) is 4.79 Å². The lowest BCUT2D eigenvalue weighted by Gasteiger charge is -2.24. The van der Waals surface area contributed by atoms with Crippen LogP contribution in [0.3, 0.4) is 0 Å². The Morgan fingerprint density at radius 2 is 2.16 bits per heavy atom. The number of hydrogen-bond donors (Lipinski definition) is 4. The molecule has 0 aliphatic rings. The number of ether oxygens (including phenoxy) is 1. The molecule has 1 amide bonds. The molecule has 0 fully saturated rings. The van der Waals surface area contributed by atoms with Gasteiger partial charge in [0, 0.05) is 6.54 Å². The van der Waals surface area contributed by atoms with E-state index in [9.17, 15) is 9.59 Å². The number of nitrogens with two attached hydrogens (primary N) is 1. The van der Waals surface area contributed by atoms with Crippen molar-refractivity contribution in [2.75, 3.05) is 6.54 Å². The largest absolute Gasteiger partial charge is 0.444 e. The monoisotopic (exact) mass is 271 g/mol. The zero-order valence-corrected chi connectivity index (χ0v) is 11.7. The van der Waals surface area contributed by atoms with E-state index in [2.05, 4.69) is 10.6 Å². The molecule has 0 aromatic heterocycles. The zero-order chi connectivity index (χ0) is 14.9. The van der Waals surface area contributed by atoms with Gasteiger partial charge in [-0.2, -0.15) is 0 Å². The number of guanidine groups is 1. The first-order valence-electron chi connectivity index (χ1n) is 6.25. The Hall–Kier alpha value is -1.79. The number of carbonyl (C=O) groups excluding carboxylic acids is 2. The second-order valence-electron chi connectivity index (χ2n) is 4.80. The molecule has 0 unspecified atom stereocenters. The number of hydrogen-bond acceptors (Lipinski definition) is 4. The van der Waals surface area contributed by atoms with Gasteiger partial charge >= 0.3 is 6.09 Å². The minimum absolute atomic E-state index is 0.122. The first-order chi connectivity index (χ1) is 8.80. The molecule has 0 aliphatic carbocycles. The summed E-state index contributed by atoms with van der Waals surface area (Å²) in [6, 6.07) is -0.714. The number of amides is 1. The van der Waals surface area contributed by atoms with Gasteiger partial charge in [0.15, 0.2) is 5.96 Å². The summed E-state index contributed by atoms with van der Waals surface area (Å²) in [6.45, 7) is 5.96. The predicted octanol–water partition coefficient (Wildman–Crippen LogP) is 0.643. The molecule has 0 rings (SSSR count). The summed E-state index contributed by atoms with van der Waals surface area (Å²) >= 11 is 0. The fourth-order valence-corrected chi connectivity index (χ4v) is 1.18. The SMILES string of the molecule is CCC(C)(C)OC(=O)N[C@H]([C]=O)CCCNC(=N)N. The average Bonchev–Trinajstić information content (AvgIpc) is 2.32. The Morgan fingerprint density at radius 3 is 2.63 bits per heavy atom. The van der Waals surface area contributed by atoms with Crippen LogP contribution in [0.5, 0.6) is 0 Å². The quantitative estimate of drug-likeness (QED) is 0.293. The van der Waals surface area contributed by atoms with Crippen molar-refractivity contribution in [3.8, 4) is 0 Å². The van der Waals surface area contributed by atoms with Gasteiger partial charge < -0.3 is 21.1 Å². The van der Waals surface area contributed by atoms with Crippen LogP contribution in [-0.4, -0.2) is 36.5 Å². The molecule has 109 valence electrons. The van der Waals surface area contributed by atoms with Gasteiger partial charge in [0.25, 0.3) is 0 Å². The normalized spacial score (nSPS) is 12.4. The van der Waals surface area contributed by atoms with Crippen LogP contribution in [0, 0.1) is 5.41 Å². The van der Waals surface area contributed by atoms with Crippen LogP contribution < -0.4 is 16.4 Å². The van der Waals surface area contributed by atoms with Gasteiger partial charge in [0.2, 0.25) is 6.29 Å². The number of nitrogens with one attached hydrogen (secondary N) is 3. The summed E-state index contributed by atoms with van der Waals surface area (Å²) in [6.07, 6.45) is 2.79. The van der Waals surface area contributed by atoms with Crippen LogP contribution in [0.25, 0.3) is 0 Å². The molecule has 0 saturated heterocycles. The number of alkyl carbamates (subject to hydrolysis) is 1. The van der Waals surface area contributed by atoms with E-state index in [4.69, 9.17) is 15.9 Å². The van der Waals surface area contributed by atoms with Crippen molar-refractivity contribution in [3.05, 3.63) is 0 Å². The van der Waals surface area contributed by atoms with E-state index in [-0.39, 0.29) is 5.96 Å². The van der Waals surface area contributed by atoms with Crippen molar-refractivity contribution in [1.29, 1.82) is 5.41 Å². The van der Waals surface area contributed by atoms with Crippen LogP contribution in [0.1, 0.15) is 40.0 Å². The van der Waals surface area contributed by atoms with E-state index in [1.165, 1.54) is 0 Å². The van der Waals surface area contributed by atoms with Gasteiger partial charge in [0.1, 0.15) is 5.60 Å². The van der Waals surface area contributed by atoms with E-state index in [0.29, 0.717) is 25.8 Å². The summed E-state index contributed by atoms with van der Waals surface area (Å²) in [5.41, 5.74) is 4.55. The molecule has 0 aliphatic heterocycles. The van der Waals surface area contributed by atoms with Gasteiger partial charge in [-0.1, -0.05) is 6.92 Å². The Kier molecular flexibility index (Phi) is 7.55. The first-order valence-corrected chi connectivity index (χ1v) is 6.25. The van der Waals surface area contributed by atoms with E-state index in [0.717, 1.165) is 0 Å². The Bertz CT molecular complexity index is 318. The van der Waals surface area contributed by atoms with Gasteiger partial charge in [-0.05, 0) is 33.1 Å². The molecule has 0 aromatic carbocycles. The molecule has 0 heterocycles. The summed E-state index contributed by atoms with van der Waals surface area (Å²) in [5, 5.41) is 12.0. The van der Waals surface area contributed by atoms with E-state index in [1.807, 2.05) is 6.92 Å². The van der Waals surface area contributed by atoms with Crippen molar-refractivity contribution in [2.24, 2.45) is 5.73 Å². The molecule has 0 aromatic rings. The molecule has 7 heteroatoms. The van der Waals surface area contributed by atoms with Crippen LogP contribution in [0.2, 0.25) is 0 Å². The zero-order valence-electron chi connectivity index (χ0n) is 11.7. The van der Waals surface area contributed by atoms with E-state index in [1.54, 1.807) is 20.1 Å². The molecule has 5 N–H and O–H groups in total. The van der Waals surface area contributed by atoms with Gasteiger partial charge in [-0.25, -0.2) is 4.79 Å². The van der Waals surface area contributed by atoms with E-state index >= 15 is 0 Å². The van der Waals surface area contributed by atoms with Crippen LogP contribution in [0.15, 0.2) is 0 Å². The summed E-state index contributed by atoms with van der Waals surface area (Å²) < 4.78 is 5.17. The molecule has 1 radical (unpaired) electrons. The van der Waals surface area contributed by atoms with Crippen LogP contribution in [-0.2, 0) is 9.53 Å². The Morgan fingerprint density at radius 1 is 1.53 bits per heavy atom. The van der Waals surface area contributed by atoms with E-state index < -0.39 is 17.7 Å². The summed E-state index contributed by atoms with van der Waals surface area (Å²) in [4.78, 5) is 22.3. The maximum Gasteiger partial charge on any atom is 0.408 e. The molecule has 0 saturated carbocycles. The number of carbonyl (C=O) groups is 1. The lowest BCUT2D eigenvalue weighted by molar-refractivity contribution is 0.0352. The highest BCUT2D eigenvalue weighted by atomic mass is 16.6. The minimum atomic E-state index is -0.714. The highest BCUT2D eigenvalue weighted by Gasteiger charge is 2.22. The fourth-order valence-electron chi connectivity index (χ4n) is 1.18. The molecule has 0 bridgehead atoms. The minimum Gasteiger partial charge on any atom is -0.444 e. The average molecular weight is 271 g/mol. The van der Waals surface area contributed by atoms with Crippen molar-refractivity contribution in [3.63, 3.8) is 0 Å². The molecule has 19 heavy (non-hydrogen) atoms. The molecule has 1 atom stereocenters. The maximum atomic E-state index is 11.5. The standard InChI is InChI=1S/C12H23N4O3/c1-4-12(2,3)19-11(18)16-9(8-17)6-5-7-15-10(13)14/h9H,4-7H2,1-3H3,(H,16,18)(H4,13,14,15)/t9-/m0/s1. The van der Waals surface area contributed by atoms with Gasteiger partial charge in [-0.15, -0.1) is 0 Å². The highest BCUT2D eigenvalue weighted by molar-refractivity contribution is 5.74. The lowest BCUT2D eigenvalue weighted by atomic mass is 10.1. The van der Waals surface area contributed by atoms with Crippen molar-refractivity contribution < 1.29 is 14.3 Å². The molecule has 0 spiro atoms. The smallest absolute Gasteiger partial charge is 0.408 e. The second-order valence-corrected chi connectivity index (χ2v) is 4.80. The fraction of sp³-hybridized carbons (Fsp3) is 0.750. The topological polar surface area (TPSA) is 117 Å². The lowest BCUT2D eigenvalue weighted by Crippen LogP contribution is -2.41. The third-order valence-corrected chi connectivity index (χ3v) is 2.64. The van der Waals surface area contributed by atoms with Gasteiger partial charge in [0.05, 0.1) is 6.04 Å². The van der Waals surface area contributed by atoms with Gasteiger partial charge in [-0.3, -0.25) is 10.2 Å². The highest BCUT2D eigenvalue weighted by Crippen LogP contribution is 2.13. The maximum absolute atomic E-state index is 11.5. The first kappa shape index (κ1) is 17.2. The van der Waals surface area contributed by atoms with Crippen molar-refractivity contribution in [2.45, 2.75) is 51.7 Å². The van der Waals surface area contributed by atoms with Crippen molar-refractivity contribution in [1.82, 2.24) is 10.6 Å². The van der Waals surface area contributed by atoms with Crippen molar-refractivity contribution >= 4 is 18.3 Å². The molecule has 7 nitrogen and oxygen atoms in total. The third-order valence-electron chi connectivity index (χ3n) is 2.64. The number of rotatable bonds is 8. The summed E-state index contributed by atoms with van der Waals surface area (Å²) in [5.74, 6) is -0.122. The molecular formula is C12H23N4O3. The molecular weight excluding hydrogens is 248 g/mol. The Balaban J connectivity index is 4.01. The van der Waals surface area contributed by atoms with Crippen LogP contribution >= 0.6 is 0 Å². The summed E-state index contributed by atoms with van der Waals surface area (Å²) in [7, 11) is 0. The Labute approximate surface area is 113 Å². The second kappa shape index (κ2) is 8.34. The third kappa shape index (κ3) is 8.87. The predicted molar refractivity (Wildman–Crippen MR) is 72.6 cm³/mol.